The molecule has 0 spiro atoms. The van der Waals surface area contributed by atoms with E-state index in [9.17, 15) is 22.4 Å². The second kappa shape index (κ2) is 10.3. The average molecular weight is 532 g/mol. The lowest BCUT2D eigenvalue weighted by Gasteiger charge is -2.33. The number of anilines is 1. The molecular weight excluding hydrogens is 502 g/mol. The summed E-state index contributed by atoms with van der Waals surface area (Å²) in [7, 11) is 1.84. The van der Waals surface area contributed by atoms with Crippen LogP contribution in [0.15, 0.2) is 24.4 Å². The number of halogens is 4. The number of hydrogen-bond donors (Lipinski definition) is 2. The standard InChI is InChI=1S/C26H29F4N7O/c1-16-19(14-32-36(16)17-8-9-17)25(38)31-11-4-5-21-18(13-26(28,29)30)23-6-3-7-24(37(23)34-21)33-22-10-12-35(2)15-20(22)27/h3,6-7,14,17,20,22,33H,8-13,15H2,1-2H3,(H,31,38)/t20-,22+/m0/s1. The van der Waals surface area contributed by atoms with Gasteiger partial charge in [0.05, 0.1) is 42.3 Å². The van der Waals surface area contributed by atoms with Crippen molar-refractivity contribution in [3.63, 3.8) is 0 Å². The molecule has 0 aromatic carbocycles. The Morgan fingerprint density at radius 1 is 1.24 bits per heavy atom. The molecule has 8 nitrogen and oxygen atoms in total. The van der Waals surface area contributed by atoms with Crippen LogP contribution in [0.2, 0.25) is 0 Å². The Labute approximate surface area is 217 Å². The first-order valence-corrected chi connectivity index (χ1v) is 12.6. The number of carbonyl (C=O) groups excluding carboxylic acids is 1. The number of likely N-dealkylation sites (tertiary alicyclic amines) is 1. The SMILES string of the molecule is Cc1c(C(=O)NCC#Cc2nn3c(N[C@@H]4CCN(C)C[C@@H]4F)cccc3c2CC(F)(F)F)cnn1C1CC1. The summed E-state index contributed by atoms with van der Waals surface area (Å²) in [4.78, 5) is 14.5. The highest BCUT2D eigenvalue weighted by Gasteiger charge is 2.32. The van der Waals surface area contributed by atoms with Gasteiger partial charge in [-0.1, -0.05) is 12.0 Å². The highest BCUT2D eigenvalue weighted by atomic mass is 19.4. The molecule has 2 atom stereocenters. The van der Waals surface area contributed by atoms with Crippen LogP contribution in [0.4, 0.5) is 23.4 Å². The van der Waals surface area contributed by atoms with Gasteiger partial charge >= 0.3 is 6.18 Å². The Morgan fingerprint density at radius 3 is 2.74 bits per heavy atom. The number of aromatic nitrogens is 4. The van der Waals surface area contributed by atoms with Crippen LogP contribution in [-0.2, 0) is 6.42 Å². The van der Waals surface area contributed by atoms with Gasteiger partial charge in [-0.15, -0.1) is 0 Å². The number of pyridine rings is 1. The molecule has 12 heteroatoms. The molecule has 1 saturated carbocycles. The molecule has 2 aliphatic rings. The van der Waals surface area contributed by atoms with E-state index in [-0.39, 0.29) is 35.8 Å². The Kier molecular flexibility index (Phi) is 7.05. The van der Waals surface area contributed by atoms with Crippen molar-refractivity contribution in [1.29, 1.82) is 0 Å². The van der Waals surface area contributed by atoms with Crippen LogP contribution in [0.1, 0.15) is 52.6 Å². The van der Waals surface area contributed by atoms with E-state index < -0.39 is 24.8 Å². The maximum atomic E-state index is 14.6. The van der Waals surface area contributed by atoms with Gasteiger partial charge in [0.1, 0.15) is 17.7 Å². The predicted octanol–water partition coefficient (Wildman–Crippen LogP) is 3.51. The largest absolute Gasteiger partial charge is 0.393 e. The molecule has 1 saturated heterocycles. The van der Waals surface area contributed by atoms with Crippen molar-refractivity contribution in [2.75, 3.05) is 32.0 Å². The number of piperidine rings is 1. The van der Waals surface area contributed by atoms with Crippen molar-refractivity contribution in [3.8, 4) is 11.8 Å². The Balaban J connectivity index is 1.36. The highest BCUT2D eigenvalue weighted by Crippen LogP contribution is 2.35. The molecule has 4 heterocycles. The molecule has 0 radical (unpaired) electrons. The van der Waals surface area contributed by atoms with Gasteiger partial charge in [-0.2, -0.15) is 23.4 Å². The van der Waals surface area contributed by atoms with Crippen molar-refractivity contribution in [2.24, 2.45) is 0 Å². The number of amides is 1. The summed E-state index contributed by atoms with van der Waals surface area (Å²) in [6.45, 7) is 2.73. The number of carbonyl (C=O) groups is 1. The van der Waals surface area contributed by atoms with E-state index in [4.69, 9.17) is 0 Å². The second-order valence-electron chi connectivity index (χ2n) is 9.95. The van der Waals surface area contributed by atoms with E-state index in [0.717, 1.165) is 18.5 Å². The van der Waals surface area contributed by atoms with E-state index in [2.05, 4.69) is 32.7 Å². The Morgan fingerprint density at radius 2 is 2.03 bits per heavy atom. The first kappa shape index (κ1) is 26.0. The fraction of sp³-hybridized carbons (Fsp3) is 0.500. The molecule has 3 aromatic rings. The third kappa shape index (κ3) is 5.62. The van der Waals surface area contributed by atoms with Gasteiger partial charge in [0.2, 0.25) is 0 Å². The first-order valence-electron chi connectivity index (χ1n) is 12.6. The van der Waals surface area contributed by atoms with Gasteiger partial charge in [-0.25, -0.2) is 8.91 Å². The smallest absolute Gasteiger partial charge is 0.364 e. The number of hydrogen-bond acceptors (Lipinski definition) is 5. The van der Waals surface area contributed by atoms with Crippen molar-refractivity contribution in [1.82, 2.24) is 29.6 Å². The van der Waals surface area contributed by atoms with Gasteiger partial charge in [0.25, 0.3) is 5.91 Å². The molecule has 1 amide bonds. The van der Waals surface area contributed by atoms with Crippen molar-refractivity contribution < 1.29 is 22.4 Å². The van der Waals surface area contributed by atoms with Crippen LogP contribution in [0.25, 0.3) is 5.52 Å². The highest BCUT2D eigenvalue weighted by molar-refractivity contribution is 5.95. The molecule has 3 aromatic heterocycles. The molecule has 38 heavy (non-hydrogen) atoms. The van der Waals surface area contributed by atoms with Crippen LogP contribution >= 0.6 is 0 Å². The lowest BCUT2D eigenvalue weighted by molar-refractivity contribution is -0.127. The fourth-order valence-corrected chi connectivity index (χ4v) is 4.79. The van der Waals surface area contributed by atoms with Gasteiger partial charge in [0, 0.05) is 24.3 Å². The molecular formula is C26H29F4N7O. The van der Waals surface area contributed by atoms with Gasteiger partial charge < -0.3 is 15.5 Å². The Hall–Kier alpha value is -3.59. The van der Waals surface area contributed by atoms with E-state index in [1.165, 1.54) is 16.8 Å². The van der Waals surface area contributed by atoms with Crippen LogP contribution in [0.5, 0.6) is 0 Å². The van der Waals surface area contributed by atoms with Gasteiger partial charge in [-0.05, 0) is 51.3 Å². The zero-order chi connectivity index (χ0) is 27.0. The minimum atomic E-state index is -4.48. The molecule has 2 fully saturated rings. The summed E-state index contributed by atoms with van der Waals surface area (Å²) in [6.07, 6.45) is -2.67. The van der Waals surface area contributed by atoms with Gasteiger partial charge in [-0.3, -0.25) is 9.48 Å². The van der Waals surface area contributed by atoms with E-state index in [1.54, 1.807) is 12.1 Å². The van der Waals surface area contributed by atoms with E-state index in [1.807, 2.05) is 23.6 Å². The van der Waals surface area contributed by atoms with Crippen molar-refractivity contribution in [2.45, 2.75) is 57.0 Å². The number of rotatable bonds is 6. The summed E-state index contributed by atoms with van der Waals surface area (Å²) in [5, 5.41) is 14.4. The monoisotopic (exact) mass is 531 g/mol. The van der Waals surface area contributed by atoms with Crippen LogP contribution in [0.3, 0.4) is 0 Å². The second-order valence-corrected chi connectivity index (χ2v) is 9.95. The normalized spacial score (nSPS) is 20.3. The zero-order valence-electron chi connectivity index (χ0n) is 21.1. The quantitative estimate of drug-likeness (QED) is 0.376. The number of alkyl halides is 4. The van der Waals surface area contributed by atoms with E-state index >= 15 is 0 Å². The summed E-state index contributed by atoms with van der Waals surface area (Å²) < 4.78 is 58.1. The topological polar surface area (TPSA) is 79.5 Å². The van der Waals surface area contributed by atoms with Crippen molar-refractivity contribution >= 4 is 17.2 Å². The first-order chi connectivity index (χ1) is 18.1. The average Bonchev–Trinajstić information content (AvgIpc) is 3.53. The van der Waals surface area contributed by atoms with Gasteiger partial charge in [0.15, 0.2) is 0 Å². The third-order valence-electron chi connectivity index (χ3n) is 6.94. The number of nitrogens with one attached hydrogen (secondary N) is 2. The molecule has 2 N–H and O–H groups in total. The molecule has 1 aliphatic carbocycles. The van der Waals surface area contributed by atoms with Crippen LogP contribution < -0.4 is 10.6 Å². The summed E-state index contributed by atoms with van der Waals surface area (Å²) >= 11 is 0. The minimum Gasteiger partial charge on any atom is -0.364 e. The lowest BCUT2D eigenvalue weighted by Crippen LogP contribution is -2.46. The maximum Gasteiger partial charge on any atom is 0.393 e. The van der Waals surface area contributed by atoms with Crippen molar-refractivity contribution in [3.05, 3.63) is 46.9 Å². The molecule has 5 rings (SSSR count). The summed E-state index contributed by atoms with van der Waals surface area (Å²) in [5.74, 6) is 5.47. The third-order valence-corrected chi connectivity index (χ3v) is 6.94. The zero-order valence-corrected chi connectivity index (χ0v) is 21.1. The fourth-order valence-electron chi connectivity index (χ4n) is 4.79. The molecule has 202 valence electrons. The summed E-state index contributed by atoms with van der Waals surface area (Å²) in [6, 6.07) is 4.67. The number of nitrogens with zero attached hydrogens (tertiary/aromatic N) is 5. The maximum absolute atomic E-state index is 14.6. The summed E-state index contributed by atoms with van der Waals surface area (Å²) in [5.41, 5.74) is 1.35. The molecule has 0 bridgehead atoms. The predicted molar refractivity (Wildman–Crippen MR) is 134 cm³/mol. The molecule has 0 unspecified atom stereocenters. The molecule has 1 aliphatic heterocycles. The number of fused-ring (bicyclic) bond motifs is 1. The van der Waals surface area contributed by atoms with Crippen LogP contribution in [-0.4, -0.2) is 75.3 Å². The van der Waals surface area contributed by atoms with Crippen LogP contribution in [0, 0.1) is 18.8 Å². The Bertz CT molecular complexity index is 1400. The minimum absolute atomic E-state index is 0.0382. The van der Waals surface area contributed by atoms with E-state index in [0.29, 0.717) is 30.4 Å². The lowest BCUT2D eigenvalue weighted by atomic mass is 10.0.